The Labute approximate surface area is 135 Å². The Kier molecular flexibility index (Phi) is 5.11. The average molecular weight is 312 g/mol. The number of pyridine rings is 1. The number of amides is 1. The molecule has 1 aromatic carbocycles. The summed E-state index contributed by atoms with van der Waals surface area (Å²) in [6.45, 7) is 4.00. The van der Waals surface area contributed by atoms with E-state index < -0.39 is 5.97 Å². The maximum absolute atomic E-state index is 12.5. The van der Waals surface area contributed by atoms with E-state index in [0.717, 1.165) is 12.0 Å². The molecule has 1 N–H and O–H groups in total. The predicted molar refractivity (Wildman–Crippen MR) is 87.6 cm³/mol. The number of rotatable bonds is 5. The Bertz CT molecular complexity index is 710. The van der Waals surface area contributed by atoms with E-state index in [0.29, 0.717) is 5.56 Å². The van der Waals surface area contributed by atoms with Crippen molar-refractivity contribution in [3.8, 4) is 0 Å². The standard InChI is InChI=1S/C18H20N2O3/c1-12-4-6-14(7-5-12)10-13(2)20(3)17(21)15-8-9-19-16(11-15)18(22)23/h4-9,11,13H,10H2,1-3H3,(H,22,23). The number of aromatic nitrogens is 1. The van der Waals surface area contributed by atoms with Crippen molar-refractivity contribution in [1.82, 2.24) is 9.88 Å². The lowest BCUT2D eigenvalue weighted by atomic mass is 10.0. The number of likely N-dealkylation sites (N-methyl/N-ethyl adjacent to an activating group) is 1. The van der Waals surface area contributed by atoms with Crippen LogP contribution in [0.2, 0.25) is 0 Å². The first-order valence-corrected chi connectivity index (χ1v) is 7.40. The molecule has 1 atom stereocenters. The summed E-state index contributed by atoms with van der Waals surface area (Å²) in [4.78, 5) is 28.8. The van der Waals surface area contributed by atoms with Gasteiger partial charge in [-0.2, -0.15) is 0 Å². The molecule has 0 aliphatic heterocycles. The van der Waals surface area contributed by atoms with Gasteiger partial charge in [-0.05, 0) is 38.0 Å². The van der Waals surface area contributed by atoms with E-state index in [9.17, 15) is 9.59 Å². The molecule has 0 fully saturated rings. The second-order valence-corrected chi connectivity index (χ2v) is 5.69. The van der Waals surface area contributed by atoms with E-state index in [2.05, 4.69) is 17.1 Å². The van der Waals surface area contributed by atoms with Crippen LogP contribution in [-0.2, 0) is 6.42 Å². The first-order chi connectivity index (χ1) is 10.9. The van der Waals surface area contributed by atoms with E-state index in [1.54, 1.807) is 11.9 Å². The van der Waals surface area contributed by atoms with Crippen LogP contribution in [-0.4, -0.2) is 40.0 Å². The zero-order valence-corrected chi connectivity index (χ0v) is 13.5. The quantitative estimate of drug-likeness (QED) is 0.921. The largest absolute Gasteiger partial charge is 0.477 e. The molecule has 1 unspecified atom stereocenters. The minimum atomic E-state index is -1.14. The molecule has 5 nitrogen and oxygen atoms in total. The topological polar surface area (TPSA) is 70.5 Å². The summed E-state index contributed by atoms with van der Waals surface area (Å²) >= 11 is 0. The van der Waals surface area contributed by atoms with Crippen LogP contribution in [0.3, 0.4) is 0 Å². The maximum atomic E-state index is 12.5. The summed E-state index contributed by atoms with van der Waals surface area (Å²) in [5.41, 5.74) is 2.55. The monoisotopic (exact) mass is 312 g/mol. The fraction of sp³-hybridized carbons (Fsp3) is 0.278. The van der Waals surface area contributed by atoms with Crippen LogP contribution in [0.15, 0.2) is 42.6 Å². The Morgan fingerprint density at radius 2 is 1.87 bits per heavy atom. The van der Waals surface area contributed by atoms with Gasteiger partial charge in [0.25, 0.3) is 5.91 Å². The lowest BCUT2D eigenvalue weighted by Crippen LogP contribution is -2.36. The number of hydrogen-bond donors (Lipinski definition) is 1. The molecule has 5 heteroatoms. The molecule has 2 aromatic rings. The Balaban J connectivity index is 2.10. The number of aryl methyl sites for hydroxylation is 1. The highest BCUT2D eigenvalue weighted by atomic mass is 16.4. The summed E-state index contributed by atoms with van der Waals surface area (Å²) in [7, 11) is 1.72. The molecule has 0 radical (unpaired) electrons. The molecular formula is C18H20N2O3. The number of carboxylic acids is 1. The highest BCUT2D eigenvalue weighted by molar-refractivity contribution is 5.96. The average Bonchev–Trinajstić information content (AvgIpc) is 2.55. The zero-order valence-electron chi connectivity index (χ0n) is 13.5. The minimum absolute atomic E-state index is 0.00773. The van der Waals surface area contributed by atoms with Crippen LogP contribution in [0.1, 0.15) is 38.9 Å². The summed E-state index contributed by atoms with van der Waals surface area (Å²) in [5, 5.41) is 8.97. The minimum Gasteiger partial charge on any atom is -0.477 e. The van der Waals surface area contributed by atoms with Crippen molar-refractivity contribution in [3.05, 3.63) is 65.0 Å². The molecule has 0 aliphatic carbocycles. The van der Waals surface area contributed by atoms with Gasteiger partial charge >= 0.3 is 5.97 Å². The Morgan fingerprint density at radius 1 is 1.22 bits per heavy atom. The van der Waals surface area contributed by atoms with E-state index >= 15 is 0 Å². The third-order valence-corrected chi connectivity index (χ3v) is 3.86. The molecule has 1 heterocycles. The molecular weight excluding hydrogens is 292 g/mol. The lowest BCUT2D eigenvalue weighted by Gasteiger charge is -2.25. The summed E-state index contributed by atoms with van der Waals surface area (Å²) in [5.74, 6) is -1.36. The van der Waals surface area contributed by atoms with Crippen molar-refractivity contribution in [2.45, 2.75) is 26.3 Å². The van der Waals surface area contributed by atoms with Gasteiger partial charge in [0.05, 0.1) is 0 Å². The number of carboxylic acid groups (broad SMARTS) is 1. The third-order valence-electron chi connectivity index (χ3n) is 3.86. The van der Waals surface area contributed by atoms with Crippen LogP contribution < -0.4 is 0 Å². The third kappa shape index (κ3) is 4.16. The van der Waals surface area contributed by atoms with Gasteiger partial charge in [0.15, 0.2) is 0 Å². The first kappa shape index (κ1) is 16.7. The van der Waals surface area contributed by atoms with Gasteiger partial charge in [-0.15, -0.1) is 0 Å². The highest BCUT2D eigenvalue weighted by Crippen LogP contribution is 2.13. The summed E-state index contributed by atoms with van der Waals surface area (Å²) in [6, 6.07) is 11.0. The highest BCUT2D eigenvalue weighted by Gasteiger charge is 2.19. The molecule has 0 saturated heterocycles. The molecule has 0 aliphatic rings. The Hall–Kier alpha value is -2.69. The summed E-state index contributed by atoms with van der Waals surface area (Å²) in [6.07, 6.45) is 2.08. The SMILES string of the molecule is Cc1ccc(CC(C)N(C)C(=O)c2ccnc(C(=O)O)c2)cc1. The van der Waals surface area contributed by atoms with Gasteiger partial charge in [0.2, 0.25) is 0 Å². The molecule has 0 saturated carbocycles. The zero-order chi connectivity index (χ0) is 17.0. The van der Waals surface area contributed by atoms with E-state index in [4.69, 9.17) is 5.11 Å². The number of carbonyl (C=O) groups excluding carboxylic acids is 1. The van der Waals surface area contributed by atoms with Gasteiger partial charge in [-0.3, -0.25) is 4.79 Å². The van der Waals surface area contributed by atoms with Crippen LogP contribution >= 0.6 is 0 Å². The molecule has 120 valence electrons. The second-order valence-electron chi connectivity index (χ2n) is 5.69. The Morgan fingerprint density at radius 3 is 2.48 bits per heavy atom. The second kappa shape index (κ2) is 7.05. The van der Waals surface area contributed by atoms with E-state index in [1.165, 1.54) is 23.9 Å². The van der Waals surface area contributed by atoms with Gasteiger partial charge in [0, 0.05) is 24.8 Å². The predicted octanol–water partition coefficient (Wildman–Crippen LogP) is 2.79. The van der Waals surface area contributed by atoms with Gasteiger partial charge < -0.3 is 10.0 Å². The fourth-order valence-corrected chi connectivity index (χ4v) is 2.29. The fourth-order valence-electron chi connectivity index (χ4n) is 2.29. The molecule has 2 rings (SSSR count). The number of aromatic carboxylic acids is 1. The van der Waals surface area contributed by atoms with Crippen molar-refractivity contribution >= 4 is 11.9 Å². The van der Waals surface area contributed by atoms with Crippen molar-refractivity contribution < 1.29 is 14.7 Å². The smallest absolute Gasteiger partial charge is 0.354 e. The lowest BCUT2D eigenvalue weighted by molar-refractivity contribution is 0.0690. The first-order valence-electron chi connectivity index (χ1n) is 7.40. The van der Waals surface area contributed by atoms with E-state index in [-0.39, 0.29) is 17.6 Å². The van der Waals surface area contributed by atoms with Crippen LogP contribution in [0.5, 0.6) is 0 Å². The van der Waals surface area contributed by atoms with Gasteiger partial charge in [-0.1, -0.05) is 29.8 Å². The maximum Gasteiger partial charge on any atom is 0.354 e. The van der Waals surface area contributed by atoms with Crippen molar-refractivity contribution in [1.29, 1.82) is 0 Å². The molecule has 1 amide bonds. The molecule has 0 spiro atoms. The van der Waals surface area contributed by atoms with Crippen LogP contribution in [0, 0.1) is 6.92 Å². The molecule has 23 heavy (non-hydrogen) atoms. The number of hydrogen-bond acceptors (Lipinski definition) is 3. The van der Waals surface area contributed by atoms with Crippen molar-refractivity contribution in [2.75, 3.05) is 7.05 Å². The molecule has 0 bridgehead atoms. The van der Waals surface area contributed by atoms with Crippen LogP contribution in [0.25, 0.3) is 0 Å². The normalized spacial score (nSPS) is 11.8. The van der Waals surface area contributed by atoms with Gasteiger partial charge in [-0.25, -0.2) is 9.78 Å². The number of benzene rings is 1. The van der Waals surface area contributed by atoms with Crippen molar-refractivity contribution in [3.63, 3.8) is 0 Å². The van der Waals surface area contributed by atoms with Crippen molar-refractivity contribution in [2.24, 2.45) is 0 Å². The van der Waals surface area contributed by atoms with E-state index in [1.807, 2.05) is 26.0 Å². The summed E-state index contributed by atoms with van der Waals surface area (Å²) < 4.78 is 0. The molecule has 1 aromatic heterocycles. The number of nitrogens with zero attached hydrogens (tertiary/aromatic N) is 2. The van der Waals surface area contributed by atoms with Crippen LogP contribution in [0.4, 0.5) is 0 Å². The van der Waals surface area contributed by atoms with Gasteiger partial charge in [0.1, 0.15) is 5.69 Å². The number of carbonyl (C=O) groups is 2.